The van der Waals surface area contributed by atoms with Crippen LogP contribution >= 0.6 is 0 Å². The first kappa shape index (κ1) is 37.5. The van der Waals surface area contributed by atoms with Gasteiger partial charge < -0.3 is 9.88 Å². The van der Waals surface area contributed by atoms with E-state index in [1.165, 1.54) is 16.7 Å². The van der Waals surface area contributed by atoms with Crippen molar-refractivity contribution in [3.63, 3.8) is 0 Å². The standard InChI is InChI=1S/C43H55N7O/c1-4-36(33-40(38-17-24-45-25-18-38)32-34(2)37-15-22-44-23-16-37)39-19-29-49(30-20-39)27-10-7-14-42(51)46-21-8-5-6-9-28-50-31-26-47-43(50)41-13-11-12-35(3)48-41/h11-13,15-20,22-26,29-31,34,36,40H,4-10,14,21,27-28,32-33H2,1-3H3/p+1. The molecule has 5 aromatic rings. The summed E-state index contributed by atoms with van der Waals surface area (Å²) >= 11 is 0. The van der Waals surface area contributed by atoms with Gasteiger partial charge >= 0.3 is 0 Å². The van der Waals surface area contributed by atoms with E-state index in [1.54, 1.807) is 0 Å². The topological polar surface area (TPSA) is 89.5 Å². The van der Waals surface area contributed by atoms with Crippen LogP contribution in [0.25, 0.3) is 11.5 Å². The van der Waals surface area contributed by atoms with Gasteiger partial charge in [0.05, 0.1) is 0 Å². The van der Waals surface area contributed by atoms with Gasteiger partial charge in [0.1, 0.15) is 12.2 Å². The molecule has 3 atom stereocenters. The lowest BCUT2D eigenvalue weighted by Gasteiger charge is -2.26. The van der Waals surface area contributed by atoms with Gasteiger partial charge in [0.25, 0.3) is 0 Å². The predicted molar refractivity (Wildman–Crippen MR) is 204 cm³/mol. The Morgan fingerprint density at radius 2 is 1.49 bits per heavy atom. The quantitative estimate of drug-likeness (QED) is 0.0616. The first-order valence-electron chi connectivity index (χ1n) is 19.0. The fraction of sp³-hybridized carbons (Fsp3) is 0.442. The number of carbonyl (C=O) groups is 1. The highest BCUT2D eigenvalue weighted by atomic mass is 16.1. The largest absolute Gasteiger partial charge is 0.356 e. The van der Waals surface area contributed by atoms with E-state index in [0.29, 0.717) is 24.2 Å². The number of imidazole rings is 1. The van der Waals surface area contributed by atoms with E-state index >= 15 is 0 Å². The van der Waals surface area contributed by atoms with Crippen molar-refractivity contribution in [3.05, 3.63) is 127 Å². The number of pyridine rings is 4. The van der Waals surface area contributed by atoms with Crippen molar-refractivity contribution >= 4 is 5.91 Å². The van der Waals surface area contributed by atoms with Crippen LogP contribution < -0.4 is 9.88 Å². The van der Waals surface area contributed by atoms with E-state index in [-0.39, 0.29) is 5.91 Å². The van der Waals surface area contributed by atoms with Gasteiger partial charge in [-0.1, -0.05) is 32.8 Å². The van der Waals surface area contributed by atoms with Crippen LogP contribution in [0, 0.1) is 6.92 Å². The zero-order chi connectivity index (χ0) is 35.7. The number of nitrogens with one attached hydrogen (secondary N) is 1. The summed E-state index contributed by atoms with van der Waals surface area (Å²) in [7, 11) is 0. The second-order valence-corrected chi connectivity index (χ2v) is 13.9. The van der Waals surface area contributed by atoms with Crippen molar-refractivity contribution in [2.75, 3.05) is 6.54 Å². The first-order valence-corrected chi connectivity index (χ1v) is 19.0. The molecule has 5 rings (SSSR count). The van der Waals surface area contributed by atoms with Gasteiger partial charge in [-0.3, -0.25) is 14.8 Å². The van der Waals surface area contributed by atoms with E-state index in [1.807, 2.05) is 62.3 Å². The Morgan fingerprint density at radius 3 is 2.22 bits per heavy atom. The van der Waals surface area contributed by atoms with Crippen LogP contribution in [0.3, 0.4) is 0 Å². The third-order valence-electron chi connectivity index (χ3n) is 10.1. The smallest absolute Gasteiger partial charge is 0.219 e. The van der Waals surface area contributed by atoms with E-state index in [2.05, 4.69) is 97.0 Å². The summed E-state index contributed by atoms with van der Waals surface area (Å²) < 4.78 is 4.44. The summed E-state index contributed by atoms with van der Waals surface area (Å²) in [5, 5.41) is 3.12. The molecular formula is C43H56N7O+. The number of carbonyl (C=O) groups excluding carboxylic acids is 1. The van der Waals surface area contributed by atoms with Gasteiger partial charge in [-0.2, -0.15) is 0 Å². The minimum atomic E-state index is 0.164. The molecule has 0 fully saturated rings. The molecule has 5 heterocycles. The number of nitrogens with zero attached hydrogens (tertiary/aromatic N) is 6. The zero-order valence-electron chi connectivity index (χ0n) is 30.8. The summed E-state index contributed by atoms with van der Waals surface area (Å²) in [5.41, 5.74) is 6.03. The molecular weight excluding hydrogens is 631 g/mol. The highest BCUT2D eigenvalue weighted by molar-refractivity contribution is 5.75. The number of amides is 1. The third kappa shape index (κ3) is 11.9. The summed E-state index contributed by atoms with van der Waals surface area (Å²) in [5.74, 6) is 2.47. The Hall–Kier alpha value is -4.72. The van der Waals surface area contributed by atoms with Crippen LogP contribution in [-0.4, -0.2) is 37.0 Å². The number of hydrogen-bond donors (Lipinski definition) is 1. The molecule has 0 bridgehead atoms. The summed E-state index contributed by atoms with van der Waals surface area (Å²) in [4.78, 5) is 30.1. The van der Waals surface area contributed by atoms with Crippen LogP contribution in [-0.2, 0) is 17.9 Å². The Morgan fingerprint density at radius 1 is 0.784 bits per heavy atom. The fourth-order valence-electron chi connectivity index (χ4n) is 7.08. The van der Waals surface area contributed by atoms with Crippen LogP contribution in [0.2, 0.25) is 0 Å². The van der Waals surface area contributed by atoms with Crippen molar-refractivity contribution in [1.29, 1.82) is 0 Å². The maximum absolute atomic E-state index is 12.4. The Balaban J connectivity index is 0.972. The lowest BCUT2D eigenvalue weighted by molar-refractivity contribution is -0.697. The lowest BCUT2D eigenvalue weighted by Crippen LogP contribution is -2.33. The van der Waals surface area contributed by atoms with E-state index in [4.69, 9.17) is 0 Å². The molecule has 0 aliphatic carbocycles. The van der Waals surface area contributed by atoms with Crippen molar-refractivity contribution in [2.45, 2.75) is 116 Å². The maximum atomic E-state index is 12.4. The van der Waals surface area contributed by atoms with Crippen molar-refractivity contribution < 1.29 is 9.36 Å². The Kier molecular flexibility index (Phi) is 14.9. The number of aryl methyl sites for hydroxylation is 3. The molecule has 1 amide bonds. The van der Waals surface area contributed by atoms with E-state index in [0.717, 1.165) is 94.6 Å². The number of unbranched alkanes of at least 4 members (excludes halogenated alkanes) is 4. The molecule has 51 heavy (non-hydrogen) atoms. The molecule has 0 aliphatic heterocycles. The van der Waals surface area contributed by atoms with E-state index in [9.17, 15) is 4.79 Å². The SMILES string of the molecule is CCC(CC(CC(C)c1ccncc1)c1ccncc1)c1cc[n+](CCCCC(=O)NCCCCCCn2ccnc2-c2cccc(C)n2)cc1. The van der Waals surface area contributed by atoms with Crippen LogP contribution in [0.1, 0.15) is 118 Å². The normalized spacial score (nSPS) is 13.1. The van der Waals surface area contributed by atoms with Gasteiger partial charge in [0.2, 0.25) is 5.91 Å². The third-order valence-corrected chi connectivity index (χ3v) is 10.1. The van der Waals surface area contributed by atoms with Crippen LogP contribution in [0.5, 0.6) is 0 Å². The van der Waals surface area contributed by atoms with Crippen molar-refractivity contribution in [3.8, 4) is 11.5 Å². The summed E-state index contributed by atoms with van der Waals surface area (Å²) in [6, 6.07) is 19.3. The Bertz CT molecular complexity index is 1720. The summed E-state index contributed by atoms with van der Waals surface area (Å²) in [6.45, 7) is 9.23. The van der Waals surface area contributed by atoms with Gasteiger partial charge in [0.15, 0.2) is 18.2 Å². The Labute approximate surface area is 304 Å². The lowest BCUT2D eigenvalue weighted by atomic mass is 9.79. The average Bonchev–Trinajstić information content (AvgIpc) is 3.64. The first-order chi connectivity index (χ1) is 25.0. The monoisotopic (exact) mass is 686 g/mol. The van der Waals surface area contributed by atoms with Gasteiger partial charge in [-0.15, -0.1) is 0 Å². The molecule has 0 spiro atoms. The fourth-order valence-corrected chi connectivity index (χ4v) is 7.08. The molecule has 8 nitrogen and oxygen atoms in total. The van der Waals surface area contributed by atoms with Gasteiger partial charge in [0, 0.05) is 80.9 Å². The maximum Gasteiger partial charge on any atom is 0.219 e. The average molecular weight is 687 g/mol. The molecule has 5 aromatic heterocycles. The minimum absolute atomic E-state index is 0.164. The zero-order valence-corrected chi connectivity index (χ0v) is 30.8. The second-order valence-electron chi connectivity index (χ2n) is 13.9. The molecule has 0 radical (unpaired) electrons. The number of rotatable bonds is 21. The second kappa shape index (κ2) is 20.2. The molecule has 0 aromatic carbocycles. The molecule has 3 unspecified atom stereocenters. The van der Waals surface area contributed by atoms with Crippen LogP contribution in [0.4, 0.5) is 0 Å². The molecule has 1 N–H and O–H groups in total. The minimum Gasteiger partial charge on any atom is -0.356 e. The molecule has 0 aliphatic rings. The van der Waals surface area contributed by atoms with Gasteiger partial charge in [-0.05, 0) is 116 Å². The molecule has 8 heteroatoms. The highest BCUT2D eigenvalue weighted by Crippen LogP contribution is 2.38. The number of aromatic nitrogens is 6. The van der Waals surface area contributed by atoms with E-state index < -0.39 is 0 Å². The van der Waals surface area contributed by atoms with Gasteiger partial charge in [-0.25, -0.2) is 14.5 Å². The summed E-state index contributed by atoms with van der Waals surface area (Å²) in [6.07, 6.45) is 26.0. The number of hydrogen-bond acceptors (Lipinski definition) is 5. The van der Waals surface area contributed by atoms with Crippen molar-refractivity contribution in [2.24, 2.45) is 0 Å². The molecule has 0 saturated heterocycles. The van der Waals surface area contributed by atoms with Crippen molar-refractivity contribution in [1.82, 2.24) is 29.8 Å². The highest BCUT2D eigenvalue weighted by Gasteiger charge is 2.22. The predicted octanol–water partition coefficient (Wildman–Crippen LogP) is 8.74. The van der Waals surface area contributed by atoms with Crippen LogP contribution in [0.15, 0.2) is 104 Å². The molecule has 0 saturated carbocycles. The molecule has 268 valence electrons.